The normalized spacial score (nSPS) is 11.2. The van der Waals surface area contributed by atoms with E-state index in [0.717, 1.165) is 78.5 Å². The van der Waals surface area contributed by atoms with E-state index in [1.807, 2.05) is 0 Å². The van der Waals surface area contributed by atoms with E-state index < -0.39 is 0 Å². The van der Waals surface area contributed by atoms with Gasteiger partial charge in [-0.15, -0.1) is 0 Å². The van der Waals surface area contributed by atoms with Crippen LogP contribution in [0.1, 0.15) is 0 Å². The Morgan fingerprint density at radius 2 is 0.574 bits per heavy atom. The monoisotopic (exact) mass is 866 g/mol. The molecule has 0 fully saturated rings. The number of benzene rings is 12. The molecule has 12 aromatic rings. The van der Waals surface area contributed by atoms with Gasteiger partial charge in [-0.05, 0) is 92.0 Å². The van der Waals surface area contributed by atoms with Crippen LogP contribution < -0.4 is 9.80 Å². The molecule has 0 bridgehead atoms. The lowest BCUT2D eigenvalue weighted by Crippen LogP contribution is -2.14. The van der Waals surface area contributed by atoms with Crippen LogP contribution >= 0.6 is 0 Å². The Kier molecular flexibility index (Phi) is 10.6. The fourth-order valence-electron chi connectivity index (χ4n) is 10.1. The molecule has 0 saturated carbocycles. The van der Waals surface area contributed by atoms with Crippen molar-refractivity contribution in [2.45, 2.75) is 0 Å². The third kappa shape index (κ3) is 7.35. The Balaban J connectivity index is 1.26. The smallest absolute Gasteiger partial charge is 0.0541 e. The number of nitrogens with zero attached hydrogens (tertiary/aromatic N) is 2. The molecule has 0 amide bonds. The van der Waals surface area contributed by atoms with E-state index in [1.165, 1.54) is 32.5 Å². The SMILES string of the molecule is c1ccc(-c2ccccc2N(c2cc(-c3ccccc3)c3c(-c4ccccc4)ccc(N(c4ccccc4-c4ccccc4)c4cccc5ccccc45)c3c2)c2cccc3ccccc23)cc1. The summed E-state index contributed by atoms with van der Waals surface area (Å²) in [5.74, 6) is 0. The number of para-hydroxylation sites is 2. The predicted molar refractivity (Wildman–Crippen MR) is 290 cm³/mol. The maximum Gasteiger partial charge on any atom is 0.0541 e. The summed E-state index contributed by atoms with van der Waals surface area (Å²) in [4.78, 5) is 5.01. The number of fused-ring (bicyclic) bond motifs is 3. The van der Waals surface area contributed by atoms with Crippen LogP contribution in [0.15, 0.2) is 279 Å². The standard InChI is InChI=1S/C66H46N2/c1-5-23-47(24-6-1)54-37-17-19-39-61(54)67(62-41-21-33-49-31-13-15-35-55(49)62)53-45-59(52-29-11-4-12-30-52)66-58(51-27-9-3-10-28-51)43-44-65(60(66)46-53)68(64-42-22-34-50-32-14-16-36-57(50)64)63-40-20-18-38-56(63)48-25-7-2-8-26-48/h1-46H. The molecule has 320 valence electrons. The van der Waals surface area contributed by atoms with E-state index in [-0.39, 0.29) is 0 Å². The van der Waals surface area contributed by atoms with Gasteiger partial charge in [0.2, 0.25) is 0 Å². The first-order chi connectivity index (χ1) is 33.8. The maximum atomic E-state index is 2.51. The Morgan fingerprint density at radius 3 is 1.10 bits per heavy atom. The van der Waals surface area contributed by atoms with Gasteiger partial charge in [-0.25, -0.2) is 0 Å². The second-order valence-electron chi connectivity index (χ2n) is 17.2. The van der Waals surface area contributed by atoms with Gasteiger partial charge in [-0.1, -0.05) is 237 Å². The van der Waals surface area contributed by atoms with Gasteiger partial charge >= 0.3 is 0 Å². The van der Waals surface area contributed by atoms with Crippen LogP contribution in [0.4, 0.5) is 34.1 Å². The van der Waals surface area contributed by atoms with Crippen LogP contribution in [0.5, 0.6) is 0 Å². The van der Waals surface area contributed by atoms with E-state index >= 15 is 0 Å². The third-order valence-electron chi connectivity index (χ3n) is 13.2. The van der Waals surface area contributed by atoms with E-state index in [4.69, 9.17) is 0 Å². The number of hydrogen-bond donors (Lipinski definition) is 0. The quantitative estimate of drug-likeness (QED) is 0.135. The fraction of sp³-hybridized carbons (Fsp3) is 0. The summed E-state index contributed by atoms with van der Waals surface area (Å²) in [6.45, 7) is 0. The summed E-state index contributed by atoms with van der Waals surface area (Å²) in [5.41, 5.74) is 15.8. The molecular formula is C66H46N2. The zero-order valence-corrected chi connectivity index (χ0v) is 37.5. The molecule has 0 aliphatic carbocycles. The Labute approximate surface area is 397 Å². The van der Waals surface area contributed by atoms with Crippen LogP contribution in [0, 0.1) is 0 Å². The fourth-order valence-corrected chi connectivity index (χ4v) is 10.1. The largest absolute Gasteiger partial charge is 0.309 e. The Hall–Kier alpha value is -8.98. The van der Waals surface area contributed by atoms with Crippen molar-refractivity contribution in [2.24, 2.45) is 0 Å². The number of hydrogen-bond acceptors (Lipinski definition) is 2. The molecule has 0 unspecified atom stereocenters. The highest BCUT2D eigenvalue weighted by Crippen LogP contribution is 2.52. The average Bonchev–Trinajstić information content (AvgIpc) is 3.42. The number of anilines is 6. The first-order valence-corrected chi connectivity index (χ1v) is 23.3. The van der Waals surface area contributed by atoms with E-state index in [2.05, 4.69) is 289 Å². The van der Waals surface area contributed by atoms with Gasteiger partial charge in [0.25, 0.3) is 0 Å². The lowest BCUT2D eigenvalue weighted by atomic mass is 9.88. The van der Waals surface area contributed by atoms with Gasteiger partial charge in [0.15, 0.2) is 0 Å². The molecule has 0 radical (unpaired) electrons. The van der Waals surface area contributed by atoms with Gasteiger partial charge in [0.05, 0.1) is 28.4 Å². The van der Waals surface area contributed by atoms with Gasteiger partial charge in [0.1, 0.15) is 0 Å². The van der Waals surface area contributed by atoms with Crippen LogP contribution in [-0.4, -0.2) is 0 Å². The van der Waals surface area contributed by atoms with Crippen molar-refractivity contribution >= 4 is 66.4 Å². The van der Waals surface area contributed by atoms with Crippen molar-refractivity contribution in [3.8, 4) is 44.5 Å². The van der Waals surface area contributed by atoms with Gasteiger partial charge in [0, 0.05) is 33.0 Å². The number of rotatable bonds is 10. The average molecular weight is 867 g/mol. The summed E-state index contributed by atoms with van der Waals surface area (Å²) >= 11 is 0. The van der Waals surface area contributed by atoms with Gasteiger partial charge in [-0.2, -0.15) is 0 Å². The van der Waals surface area contributed by atoms with Crippen LogP contribution in [0.3, 0.4) is 0 Å². The minimum Gasteiger partial charge on any atom is -0.309 e. The molecule has 2 heteroatoms. The van der Waals surface area contributed by atoms with Crippen molar-refractivity contribution in [1.82, 2.24) is 0 Å². The molecule has 2 nitrogen and oxygen atoms in total. The van der Waals surface area contributed by atoms with Crippen molar-refractivity contribution in [3.05, 3.63) is 279 Å². The molecule has 0 aliphatic rings. The molecule has 12 rings (SSSR count). The van der Waals surface area contributed by atoms with Crippen molar-refractivity contribution in [1.29, 1.82) is 0 Å². The summed E-state index contributed by atoms with van der Waals surface area (Å²) in [6.07, 6.45) is 0. The second kappa shape index (κ2) is 17.8. The molecule has 0 aromatic heterocycles. The lowest BCUT2D eigenvalue weighted by Gasteiger charge is -2.33. The van der Waals surface area contributed by atoms with E-state index in [1.54, 1.807) is 0 Å². The van der Waals surface area contributed by atoms with E-state index in [0.29, 0.717) is 0 Å². The maximum absolute atomic E-state index is 2.51. The third-order valence-corrected chi connectivity index (χ3v) is 13.2. The molecule has 0 aliphatic heterocycles. The topological polar surface area (TPSA) is 6.48 Å². The van der Waals surface area contributed by atoms with Gasteiger partial charge < -0.3 is 9.80 Å². The molecule has 0 saturated heterocycles. The molecule has 0 heterocycles. The van der Waals surface area contributed by atoms with E-state index in [9.17, 15) is 0 Å². The highest BCUT2D eigenvalue weighted by molar-refractivity contribution is 6.17. The molecule has 0 atom stereocenters. The second-order valence-corrected chi connectivity index (χ2v) is 17.2. The summed E-state index contributed by atoms with van der Waals surface area (Å²) < 4.78 is 0. The van der Waals surface area contributed by atoms with Crippen molar-refractivity contribution in [3.63, 3.8) is 0 Å². The molecular weight excluding hydrogens is 821 g/mol. The summed E-state index contributed by atoms with van der Waals surface area (Å²) in [6, 6.07) is 102. The molecule has 0 spiro atoms. The zero-order chi connectivity index (χ0) is 45.2. The summed E-state index contributed by atoms with van der Waals surface area (Å²) in [5, 5.41) is 7.02. The minimum atomic E-state index is 1.05. The minimum absolute atomic E-state index is 1.05. The first kappa shape index (κ1) is 40.5. The lowest BCUT2D eigenvalue weighted by molar-refractivity contribution is 1.29. The highest BCUT2D eigenvalue weighted by atomic mass is 15.2. The molecule has 0 N–H and O–H groups in total. The van der Waals surface area contributed by atoms with Crippen LogP contribution in [0.25, 0.3) is 76.8 Å². The zero-order valence-electron chi connectivity index (χ0n) is 37.5. The molecule has 68 heavy (non-hydrogen) atoms. The predicted octanol–water partition coefficient (Wildman–Crippen LogP) is 18.8. The van der Waals surface area contributed by atoms with Crippen molar-refractivity contribution < 1.29 is 0 Å². The van der Waals surface area contributed by atoms with Gasteiger partial charge in [-0.3, -0.25) is 0 Å². The Bertz CT molecular complexity index is 3720. The molecule has 12 aromatic carbocycles. The van der Waals surface area contributed by atoms with Crippen LogP contribution in [-0.2, 0) is 0 Å². The Morgan fingerprint density at radius 1 is 0.206 bits per heavy atom. The highest BCUT2D eigenvalue weighted by Gasteiger charge is 2.26. The van der Waals surface area contributed by atoms with Crippen molar-refractivity contribution in [2.75, 3.05) is 9.80 Å². The van der Waals surface area contributed by atoms with Crippen LogP contribution in [0.2, 0.25) is 0 Å². The first-order valence-electron chi connectivity index (χ1n) is 23.3. The summed E-state index contributed by atoms with van der Waals surface area (Å²) in [7, 11) is 0.